The van der Waals surface area contributed by atoms with Crippen molar-refractivity contribution in [3.05, 3.63) is 59.7 Å². The standard InChI is InChI=1S/C20H26N2O3S/c1-5-17(4)21-20(23)14-22(19-13-15(2)11-12-16(19)3)26(24,25)18-9-7-6-8-10-18/h6-13,17H,5,14H2,1-4H3,(H,21,23)/t17-/m0/s1. The first-order chi connectivity index (χ1) is 12.3. The van der Waals surface area contributed by atoms with Crippen molar-refractivity contribution >= 4 is 21.6 Å². The zero-order valence-electron chi connectivity index (χ0n) is 15.7. The summed E-state index contributed by atoms with van der Waals surface area (Å²) in [4.78, 5) is 12.6. The van der Waals surface area contributed by atoms with Gasteiger partial charge in [-0.25, -0.2) is 8.42 Å². The Kier molecular flexibility index (Phi) is 6.42. The minimum Gasteiger partial charge on any atom is -0.352 e. The van der Waals surface area contributed by atoms with Crippen LogP contribution in [0.2, 0.25) is 0 Å². The van der Waals surface area contributed by atoms with Gasteiger partial charge in [0.05, 0.1) is 10.6 Å². The molecule has 1 N–H and O–H groups in total. The topological polar surface area (TPSA) is 66.5 Å². The van der Waals surface area contributed by atoms with Crippen LogP contribution in [0.5, 0.6) is 0 Å². The van der Waals surface area contributed by atoms with Gasteiger partial charge in [-0.05, 0) is 56.5 Å². The van der Waals surface area contributed by atoms with Crippen molar-refractivity contribution in [2.24, 2.45) is 0 Å². The lowest BCUT2D eigenvalue weighted by Gasteiger charge is -2.26. The maximum atomic E-state index is 13.2. The van der Waals surface area contributed by atoms with Crippen LogP contribution in [0.25, 0.3) is 0 Å². The van der Waals surface area contributed by atoms with Crippen molar-refractivity contribution in [1.29, 1.82) is 0 Å². The number of aryl methyl sites for hydroxylation is 2. The van der Waals surface area contributed by atoms with Crippen LogP contribution in [0.4, 0.5) is 5.69 Å². The van der Waals surface area contributed by atoms with Gasteiger partial charge in [0.25, 0.3) is 10.0 Å². The molecule has 1 amide bonds. The second kappa shape index (κ2) is 8.36. The predicted molar refractivity (Wildman–Crippen MR) is 105 cm³/mol. The normalized spacial score (nSPS) is 12.5. The second-order valence-electron chi connectivity index (χ2n) is 6.49. The van der Waals surface area contributed by atoms with Crippen LogP contribution in [-0.2, 0) is 14.8 Å². The molecular formula is C20H26N2O3S. The van der Waals surface area contributed by atoms with Crippen LogP contribution in [-0.4, -0.2) is 26.9 Å². The lowest BCUT2D eigenvalue weighted by molar-refractivity contribution is -0.120. The van der Waals surface area contributed by atoms with Crippen molar-refractivity contribution in [1.82, 2.24) is 5.32 Å². The number of hydrogen-bond acceptors (Lipinski definition) is 3. The summed E-state index contributed by atoms with van der Waals surface area (Å²) < 4.78 is 27.7. The molecule has 0 aliphatic heterocycles. The fraction of sp³-hybridized carbons (Fsp3) is 0.350. The molecule has 0 aliphatic rings. The Morgan fingerprint density at radius 1 is 1.12 bits per heavy atom. The third-order valence-electron chi connectivity index (χ3n) is 4.27. The average Bonchev–Trinajstić information content (AvgIpc) is 2.62. The Morgan fingerprint density at radius 2 is 1.77 bits per heavy atom. The first kappa shape index (κ1) is 20.0. The van der Waals surface area contributed by atoms with Crippen molar-refractivity contribution in [2.75, 3.05) is 10.8 Å². The fourth-order valence-corrected chi connectivity index (χ4v) is 4.06. The molecule has 26 heavy (non-hydrogen) atoms. The number of benzene rings is 2. The largest absolute Gasteiger partial charge is 0.352 e. The van der Waals surface area contributed by atoms with E-state index in [9.17, 15) is 13.2 Å². The monoisotopic (exact) mass is 374 g/mol. The number of nitrogens with one attached hydrogen (secondary N) is 1. The van der Waals surface area contributed by atoms with Gasteiger partial charge in [0.2, 0.25) is 5.91 Å². The number of carbonyl (C=O) groups is 1. The maximum absolute atomic E-state index is 13.2. The van der Waals surface area contributed by atoms with Crippen LogP contribution in [0, 0.1) is 13.8 Å². The molecule has 0 aliphatic carbocycles. The van der Waals surface area contributed by atoms with Gasteiger partial charge in [-0.15, -0.1) is 0 Å². The third kappa shape index (κ3) is 4.64. The van der Waals surface area contributed by atoms with E-state index in [0.717, 1.165) is 17.5 Å². The lowest BCUT2D eigenvalue weighted by atomic mass is 10.1. The molecule has 0 aromatic heterocycles. The Balaban J connectivity index is 2.49. The Labute approximate surface area is 156 Å². The average molecular weight is 375 g/mol. The van der Waals surface area contributed by atoms with Crippen molar-refractivity contribution in [3.8, 4) is 0 Å². The summed E-state index contributed by atoms with van der Waals surface area (Å²) >= 11 is 0. The molecule has 5 nitrogen and oxygen atoms in total. The molecule has 1 atom stereocenters. The van der Waals surface area contributed by atoms with Crippen molar-refractivity contribution < 1.29 is 13.2 Å². The van der Waals surface area contributed by atoms with Gasteiger partial charge >= 0.3 is 0 Å². The zero-order valence-corrected chi connectivity index (χ0v) is 16.5. The molecule has 0 radical (unpaired) electrons. The van der Waals surface area contributed by atoms with Crippen molar-refractivity contribution in [2.45, 2.75) is 45.1 Å². The van der Waals surface area contributed by atoms with Gasteiger partial charge in [0.15, 0.2) is 0 Å². The summed E-state index contributed by atoms with van der Waals surface area (Å²) in [5.74, 6) is -0.320. The summed E-state index contributed by atoms with van der Waals surface area (Å²) in [5.41, 5.74) is 2.25. The fourth-order valence-electron chi connectivity index (χ4n) is 2.56. The molecule has 0 bridgehead atoms. The predicted octanol–water partition coefficient (Wildman–Crippen LogP) is 3.41. The van der Waals surface area contributed by atoms with Crippen LogP contribution in [0.1, 0.15) is 31.4 Å². The first-order valence-corrected chi connectivity index (χ1v) is 10.1. The molecule has 0 fully saturated rings. The van der Waals surface area contributed by atoms with Crippen LogP contribution in [0.15, 0.2) is 53.4 Å². The van der Waals surface area contributed by atoms with E-state index in [0.29, 0.717) is 5.69 Å². The van der Waals surface area contributed by atoms with Gasteiger partial charge in [0.1, 0.15) is 6.54 Å². The summed E-state index contributed by atoms with van der Waals surface area (Å²) in [6.07, 6.45) is 0.778. The van der Waals surface area contributed by atoms with E-state index in [1.807, 2.05) is 39.8 Å². The number of rotatable bonds is 7. The van der Waals surface area contributed by atoms with Gasteiger partial charge in [0, 0.05) is 6.04 Å². The van der Waals surface area contributed by atoms with Crippen molar-refractivity contribution in [3.63, 3.8) is 0 Å². The smallest absolute Gasteiger partial charge is 0.264 e. The summed E-state index contributed by atoms with van der Waals surface area (Å²) in [6.45, 7) is 7.34. The van der Waals surface area contributed by atoms with Gasteiger partial charge < -0.3 is 5.32 Å². The molecule has 2 rings (SSSR count). The Morgan fingerprint density at radius 3 is 2.38 bits per heavy atom. The SMILES string of the molecule is CC[C@H](C)NC(=O)CN(c1cc(C)ccc1C)S(=O)(=O)c1ccccc1. The van der Waals surface area contributed by atoms with Crippen LogP contribution < -0.4 is 9.62 Å². The first-order valence-electron chi connectivity index (χ1n) is 8.70. The molecule has 0 saturated heterocycles. The van der Waals surface area contributed by atoms with Gasteiger partial charge in [-0.2, -0.15) is 0 Å². The highest BCUT2D eigenvalue weighted by atomic mass is 32.2. The highest BCUT2D eigenvalue weighted by Gasteiger charge is 2.28. The van der Waals surface area contributed by atoms with Gasteiger partial charge in [-0.1, -0.05) is 37.3 Å². The van der Waals surface area contributed by atoms with E-state index in [-0.39, 0.29) is 23.4 Å². The molecule has 0 spiro atoms. The summed E-state index contributed by atoms with van der Waals surface area (Å²) in [6, 6.07) is 13.8. The third-order valence-corrected chi connectivity index (χ3v) is 6.05. The zero-order chi connectivity index (χ0) is 19.3. The molecular weight excluding hydrogens is 348 g/mol. The molecule has 0 heterocycles. The van der Waals surface area contributed by atoms with Gasteiger partial charge in [-0.3, -0.25) is 9.10 Å². The molecule has 140 valence electrons. The minimum atomic E-state index is -3.86. The molecule has 2 aromatic carbocycles. The number of sulfonamides is 1. The highest BCUT2D eigenvalue weighted by Crippen LogP contribution is 2.27. The number of hydrogen-bond donors (Lipinski definition) is 1. The second-order valence-corrected chi connectivity index (χ2v) is 8.35. The minimum absolute atomic E-state index is 0.0117. The highest BCUT2D eigenvalue weighted by molar-refractivity contribution is 7.92. The molecule has 0 unspecified atom stereocenters. The molecule has 2 aromatic rings. The molecule has 0 saturated carbocycles. The van der Waals surface area contributed by atoms with E-state index in [2.05, 4.69) is 5.32 Å². The summed E-state index contributed by atoms with van der Waals surface area (Å²) in [5, 5.41) is 2.84. The lowest BCUT2D eigenvalue weighted by Crippen LogP contribution is -2.43. The number of carbonyl (C=O) groups excluding carboxylic acids is 1. The molecule has 6 heteroatoms. The Hall–Kier alpha value is -2.34. The quantitative estimate of drug-likeness (QED) is 0.808. The Bertz CT molecular complexity index is 864. The summed E-state index contributed by atoms with van der Waals surface area (Å²) in [7, 11) is -3.86. The number of nitrogens with zero attached hydrogens (tertiary/aromatic N) is 1. The van der Waals surface area contributed by atoms with Crippen LogP contribution >= 0.6 is 0 Å². The number of amides is 1. The van der Waals surface area contributed by atoms with E-state index in [4.69, 9.17) is 0 Å². The number of anilines is 1. The van der Waals surface area contributed by atoms with E-state index in [1.54, 1.807) is 36.4 Å². The van der Waals surface area contributed by atoms with E-state index < -0.39 is 10.0 Å². The van der Waals surface area contributed by atoms with E-state index >= 15 is 0 Å². The van der Waals surface area contributed by atoms with Crippen LogP contribution in [0.3, 0.4) is 0 Å². The van der Waals surface area contributed by atoms with E-state index in [1.165, 1.54) is 4.31 Å². The maximum Gasteiger partial charge on any atom is 0.264 e.